The highest BCUT2D eigenvalue weighted by molar-refractivity contribution is 7.88. The number of carbonyl (C=O) groups is 1. The van der Waals surface area contributed by atoms with E-state index in [0.29, 0.717) is 19.5 Å². The molecule has 1 N–H and O–H groups in total. The molecule has 0 radical (unpaired) electrons. The topological polar surface area (TPSA) is 66.5 Å². The molecule has 0 unspecified atom stereocenters. The molecule has 0 saturated heterocycles. The quantitative estimate of drug-likeness (QED) is 0.828. The summed E-state index contributed by atoms with van der Waals surface area (Å²) in [6, 6.07) is 9.63. The number of rotatable bonds is 7. The van der Waals surface area contributed by atoms with E-state index in [1.165, 1.54) is 4.31 Å². The van der Waals surface area contributed by atoms with Crippen LogP contribution in [0.3, 0.4) is 0 Å². The maximum Gasteiger partial charge on any atom is 0.235 e. The van der Waals surface area contributed by atoms with Crippen molar-refractivity contribution < 1.29 is 13.2 Å². The Balaban J connectivity index is 2.60. The van der Waals surface area contributed by atoms with Crippen molar-refractivity contribution in [3.8, 4) is 0 Å². The lowest BCUT2D eigenvalue weighted by atomic mass is 9.97. The summed E-state index contributed by atoms with van der Waals surface area (Å²) >= 11 is 0. The molecule has 0 bridgehead atoms. The molecule has 0 spiro atoms. The molecule has 1 rings (SSSR count). The predicted molar refractivity (Wildman–Crippen MR) is 89.0 cm³/mol. The Kier molecular flexibility index (Phi) is 6.56. The first kappa shape index (κ1) is 18.6. The Morgan fingerprint density at radius 2 is 1.77 bits per heavy atom. The Labute approximate surface area is 133 Å². The number of hydrogen-bond donors (Lipinski definition) is 1. The van der Waals surface area contributed by atoms with Crippen molar-refractivity contribution in [2.24, 2.45) is 5.41 Å². The van der Waals surface area contributed by atoms with Gasteiger partial charge in [0, 0.05) is 13.1 Å². The minimum absolute atomic E-state index is 0.0321. The van der Waals surface area contributed by atoms with E-state index >= 15 is 0 Å². The van der Waals surface area contributed by atoms with Gasteiger partial charge in [-0.25, -0.2) is 8.42 Å². The SMILES string of the molecule is CC(C)(C)CNC(=O)CN(CCc1ccccc1)S(C)(=O)=O. The van der Waals surface area contributed by atoms with E-state index in [-0.39, 0.29) is 17.9 Å². The summed E-state index contributed by atoms with van der Waals surface area (Å²) < 4.78 is 24.9. The molecule has 0 aromatic heterocycles. The van der Waals surface area contributed by atoms with Crippen LogP contribution in [0.1, 0.15) is 26.3 Å². The van der Waals surface area contributed by atoms with Gasteiger partial charge >= 0.3 is 0 Å². The molecule has 0 atom stereocenters. The zero-order chi connectivity index (χ0) is 16.8. The van der Waals surface area contributed by atoms with Crippen LogP contribution in [0, 0.1) is 5.41 Å². The second-order valence-electron chi connectivity index (χ2n) is 6.67. The van der Waals surface area contributed by atoms with E-state index < -0.39 is 10.0 Å². The summed E-state index contributed by atoms with van der Waals surface area (Å²) in [5.41, 5.74) is 1.02. The lowest BCUT2D eigenvalue weighted by Crippen LogP contribution is -2.43. The largest absolute Gasteiger partial charge is 0.354 e. The second-order valence-corrected chi connectivity index (χ2v) is 8.65. The fraction of sp³-hybridized carbons (Fsp3) is 0.562. The molecule has 124 valence electrons. The third kappa shape index (κ3) is 7.56. The first-order valence-corrected chi connectivity index (χ1v) is 9.18. The summed E-state index contributed by atoms with van der Waals surface area (Å²) in [5.74, 6) is -0.270. The highest BCUT2D eigenvalue weighted by atomic mass is 32.2. The van der Waals surface area contributed by atoms with Crippen LogP contribution < -0.4 is 5.32 Å². The van der Waals surface area contributed by atoms with Gasteiger partial charge in [0.25, 0.3) is 0 Å². The highest BCUT2D eigenvalue weighted by Crippen LogP contribution is 2.10. The number of hydrogen-bond acceptors (Lipinski definition) is 3. The monoisotopic (exact) mass is 326 g/mol. The van der Waals surface area contributed by atoms with Crippen LogP contribution in [-0.2, 0) is 21.2 Å². The van der Waals surface area contributed by atoms with E-state index in [1.54, 1.807) is 0 Å². The molecule has 0 heterocycles. The average molecular weight is 326 g/mol. The van der Waals surface area contributed by atoms with Gasteiger partial charge < -0.3 is 5.32 Å². The van der Waals surface area contributed by atoms with E-state index in [4.69, 9.17) is 0 Å². The van der Waals surface area contributed by atoms with E-state index in [9.17, 15) is 13.2 Å². The van der Waals surface area contributed by atoms with Crippen molar-refractivity contribution in [3.05, 3.63) is 35.9 Å². The minimum Gasteiger partial charge on any atom is -0.354 e. The Bertz CT molecular complexity index is 577. The molecule has 0 aliphatic heterocycles. The van der Waals surface area contributed by atoms with Crippen molar-refractivity contribution in [3.63, 3.8) is 0 Å². The summed E-state index contributed by atoms with van der Waals surface area (Å²) in [5, 5.41) is 2.78. The maximum atomic E-state index is 11.9. The molecule has 1 aromatic rings. The molecule has 1 amide bonds. The fourth-order valence-electron chi connectivity index (χ4n) is 1.84. The number of nitrogens with zero attached hydrogens (tertiary/aromatic N) is 1. The molecule has 5 nitrogen and oxygen atoms in total. The summed E-state index contributed by atoms with van der Waals surface area (Å²) in [6.45, 7) is 6.71. The van der Waals surface area contributed by atoms with Crippen LogP contribution in [0.5, 0.6) is 0 Å². The van der Waals surface area contributed by atoms with Gasteiger partial charge in [-0.3, -0.25) is 4.79 Å². The van der Waals surface area contributed by atoms with Crippen molar-refractivity contribution in [1.29, 1.82) is 0 Å². The summed E-state index contributed by atoms with van der Waals surface area (Å²) in [4.78, 5) is 11.9. The minimum atomic E-state index is -3.41. The van der Waals surface area contributed by atoms with Crippen LogP contribution >= 0.6 is 0 Å². The number of benzene rings is 1. The highest BCUT2D eigenvalue weighted by Gasteiger charge is 2.21. The molecule has 0 saturated carbocycles. The van der Waals surface area contributed by atoms with Gasteiger partial charge in [0.05, 0.1) is 12.8 Å². The van der Waals surface area contributed by atoms with Gasteiger partial charge in [0.1, 0.15) is 0 Å². The van der Waals surface area contributed by atoms with Gasteiger partial charge in [0.2, 0.25) is 15.9 Å². The lowest BCUT2D eigenvalue weighted by molar-refractivity contribution is -0.121. The molecule has 1 aromatic carbocycles. The second kappa shape index (κ2) is 7.74. The third-order valence-corrected chi connectivity index (χ3v) is 4.35. The lowest BCUT2D eigenvalue weighted by Gasteiger charge is -2.22. The molecule has 0 aliphatic carbocycles. The standard InChI is InChI=1S/C16H26N2O3S/c1-16(2,3)13-17-15(19)12-18(22(4,20)21)11-10-14-8-6-5-7-9-14/h5-9H,10-13H2,1-4H3,(H,17,19). The summed E-state index contributed by atoms with van der Waals surface area (Å²) in [6.07, 6.45) is 1.72. The van der Waals surface area contributed by atoms with Crippen molar-refractivity contribution >= 4 is 15.9 Å². The van der Waals surface area contributed by atoms with Crippen LogP contribution in [0.4, 0.5) is 0 Å². The Hall–Kier alpha value is -1.40. The van der Waals surface area contributed by atoms with Gasteiger partial charge in [-0.15, -0.1) is 0 Å². The maximum absolute atomic E-state index is 11.9. The number of amides is 1. The number of nitrogens with one attached hydrogen (secondary N) is 1. The molecule has 0 fully saturated rings. The third-order valence-electron chi connectivity index (χ3n) is 3.10. The smallest absolute Gasteiger partial charge is 0.235 e. The molecular formula is C16H26N2O3S. The molecule has 22 heavy (non-hydrogen) atoms. The summed E-state index contributed by atoms with van der Waals surface area (Å²) in [7, 11) is -3.41. The zero-order valence-electron chi connectivity index (χ0n) is 13.8. The van der Waals surface area contributed by atoms with Crippen LogP contribution in [0.2, 0.25) is 0 Å². The fourth-order valence-corrected chi connectivity index (χ4v) is 2.62. The first-order valence-electron chi connectivity index (χ1n) is 7.34. The number of sulfonamides is 1. The van der Waals surface area contributed by atoms with E-state index in [1.807, 2.05) is 51.1 Å². The van der Waals surface area contributed by atoms with Crippen LogP contribution in [-0.4, -0.2) is 44.5 Å². The van der Waals surface area contributed by atoms with Crippen LogP contribution in [0.25, 0.3) is 0 Å². The van der Waals surface area contributed by atoms with Crippen molar-refractivity contribution in [1.82, 2.24) is 9.62 Å². The molecule has 0 aliphatic rings. The van der Waals surface area contributed by atoms with E-state index in [0.717, 1.165) is 11.8 Å². The number of carbonyl (C=O) groups excluding carboxylic acids is 1. The Morgan fingerprint density at radius 1 is 1.18 bits per heavy atom. The van der Waals surface area contributed by atoms with Crippen molar-refractivity contribution in [2.45, 2.75) is 27.2 Å². The van der Waals surface area contributed by atoms with Gasteiger partial charge in [0.15, 0.2) is 0 Å². The van der Waals surface area contributed by atoms with Crippen LogP contribution in [0.15, 0.2) is 30.3 Å². The average Bonchev–Trinajstić information content (AvgIpc) is 2.40. The van der Waals surface area contributed by atoms with Gasteiger partial charge in [-0.1, -0.05) is 51.1 Å². The Morgan fingerprint density at radius 3 is 2.27 bits per heavy atom. The molecular weight excluding hydrogens is 300 g/mol. The van der Waals surface area contributed by atoms with E-state index in [2.05, 4.69) is 5.32 Å². The normalized spacial score (nSPS) is 12.4. The zero-order valence-corrected chi connectivity index (χ0v) is 14.6. The van der Waals surface area contributed by atoms with Gasteiger partial charge in [-0.05, 0) is 17.4 Å². The predicted octanol–water partition coefficient (Wildman–Crippen LogP) is 1.65. The van der Waals surface area contributed by atoms with Crippen molar-refractivity contribution in [2.75, 3.05) is 25.9 Å². The molecule has 6 heteroatoms. The van der Waals surface area contributed by atoms with Gasteiger partial charge in [-0.2, -0.15) is 4.31 Å². The first-order chi connectivity index (χ1) is 10.1.